The lowest BCUT2D eigenvalue weighted by Gasteiger charge is -2.07. The lowest BCUT2D eigenvalue weighted by Crippen LogP contribution is -2.00. The van der Waals surface area contributed by atoms with E-state index in [1.165, 1.54) is 7.11 Å². The van der Waals surface area contributed by atoms with Gasteiger partial charge in [0.1, 0.15) is 5.75 Å². The van der Waals surface area contributed by atoms with E-state index in [2.05, 4.69) is 31.9 Å². The summed E-state index contributed by atoms with van der Waals surface area (Å²) in [5.41, 5.74) is 0.565. The summed E-state index contributed by atoms with van der Waals surface area (Å²) in [4.78, 5) is 11.4. The third-order valence-corrected chi connectivity index (χ3v) is 3.41. The average Bonchev–Trinajstić information content (AvgIpc) is 2.20. The van der Waals surface area contributed by atoms with Crippen molar-refractivity contribution in [3.8, 4) is 5.75 Å². The van der Waals surface area contributed by atoms with Crippen molar-refractivity contribution in [1.82, 2.24) is 0 Å². The molecule has 0 saturated carbocycles. The molecule has 1 rings (SSSR count). The fourth-order valence-electron chi connectivity index (χ4n) is 0.951. The van der Waals surface area contributed by atoms with Crippen LogP contribution in [0.4, 0.5) is 0 Å². The van der Waals surface area contributed by atoms with Gasteiger partial charge in [-0.05, 0) is 28.1 Å². The van der Waals surface area contributed by atoms with E-state index in [1.54, 1.807) is 12.1 Å². The summed E-state index contributed by atoms with van der Waals surface area (Å²) in [5.74, 6) is 0.478. The van der Waals surface area contributed by atoms with Crippen LogP contribution in [0.5, 0.6) is 5.75 Å². The third-order valence-electron chi connectivity index (χ3n) is 1.66. The highest BCUT2D eigenvalue weighted by Gasteiger charge is 2.11. The van der Waals surface area contributed by atoms with Gasteiger partial charge in [-0.25, -0.2) is 0 Å². The molecule has 0 heterocycles. The van der Waals surface area contributed by atoms with Crippen molar-refractivity contribution in [2.45, 2.75) is 0 Å². The number of carbonyl (C=O) groups is 1. The van der Waals surface area contributed by atoms with Crippen molar-refractivity contribution in [2.24, 2.45) is 0 Å². The molecule has 0 aliphatic rings. The van der Waals surface area contributed by atoms with Crippen LogP contribution in [0.2, 0.25) is 5.02 Å². The molecule has 2 nitrogen and oxygen atoms in total. The predicted octanol–water partition coefficient (Wildman–Crippen LogP) is 3.69. The van der Waals surface area contributed by atoms with Crippen LogP contribution in [0, 0.1) is 0 Å². The minimum atomic E-state index is -0.0133. The van der Waals surface area contributed by atoms with Crippen molar-refractivity contribution in [2.75, 3.05) is 12.4 Å². The Labute approximate surface area is 104 Å². The average molecular weight is 342 g/mol. The van der Waals surface area contributed by atoms with Crippen LogP contribution < -0.4 is 4.74 Å². The van der Waals surface area contributed by atoms with Gasteiger partial charge >= 0.3 is 0 Å². The van der Waals surface area contributed by atoms with Crippen LogP contribution in [0.1, 0.15) is 10.4 Å². The van der Waals surface area contributed by atoms with E-state index in [-0.39, 0.29) is 11.1 Å². The zero-order valence-corrected chi connectivity index (χ0v) is 11.2. The van der Waals surface area contributed by atoms with E-state index in [4.69, 9.17) is 16.3 Å². The molecular weight excluding hydrogens is 335 g/mol. The molecule has 0 aliphatic carbocycles. The first-order valence-corrected chi connectivity index (χ1v) is 6.01. The lowest BCUT2D eigenvalue weighted by molar-refractivity contribution is 0.102. The van der Waals surface area contributed by atoms with Crippen LogP contribution in [-0.2, 0) is 0 Å². The molecule has 5 heteroatoms. The van der Waals surface area contributed by atoms with E-state index in [0.717, 1.165) is 0 Å². The molecule has 1 aromatic carbocycles. The molecule has 0 aromatic heterocycles. The Hall–Kier alpha value is -0.0600. The number of rotatable bonds is 3. The Morgan fingerprint density at radius 3 is 2.71 bits per heavy atom. The van der Waals surface area contributed by atoms with Crippen LogP contribution in [0.15, 0.2) is 16.6 Å². The summed E-state index contributed by atoms with van der Waals surface area (Å²) in [7, 11) is 1.51. The van der Waals surface area contributed by atoms with Crippen LogP contribution in [-0.4, -0.2) is 18.2 Å². The Bertz CT molecular complexity index is 366. The smallest absolute Gasteiger partial charge is 0.173 e. The van der Waals surface area contributed by atoms with Crippen molar-refractivity contribution < 1.29 is 9.53 Å². The lowest BCUT2D eigenvalue weighted by atomic mass is 10.1. The summed E-state index contributed by atoms with van der Waals surface area (Å²) in [5, 5.41) is 0.753. The maximum Gasteiger partial charge on any atom is 0.173 e. The number of methoxy groups -OCH3 is 1. The Balaban J connectivity index is 3.22. The highest BCUT2D eigenvalue weighted by Crippen LogP contribution is 2.33. The Morgan fingerprint density at radius 1 is 1.57 bits per heavy atom. The van der Waals surface area contributed by atoms with E-state index in [1.807, 2.05) is 0 Å². The predicted molar refractivity (Wildman–Crippen MR) is 63.8 cm³/mol. The number of benzene rings is 1. The fraction of sp³-hybridized carbons (Fsp3) is 0.222. The molecule has 0 N–H and O–H groups in total. The van der Waals surface area contributed by atoms with Crippen molar-refractivity contribution in [1.29, 1.82) is 0 Å². The fourth-order valence-corrected chi connectivity index (χ4v) is 1.90. The number of alkyl halides is 1. The number of hydrogen-bond donors (Lipinski definition) is 0. The van der Waals surface area contributed by atoms with Gasteiger partial charge in [0.2, 0.25) is 0 Å². The molecule has 0 fully saturated rings. The first kappa shape index (κ1) is 12.0. The molecule has 0 atom stereocenters. The van der Waals surface area contributed by atoms with Gasteiger partial charge in [-0.1, -0.05) is 27.5 Å². The van der Waals surface area contributed by atoms with E-state index in [0.29, 0.717) is 20.8 Å². The molecule has 0 bridgehead atoms. The van der Waals surface area contributed by atoms with Crippen molar-refractivity contribution in [3.63, 3.8) is 0 Å². The van der Waals surface area contributed by atoms with Crippen molar-refractivity contribution >= 4 is 49.2 Å². The molecule has 1 aromatic rings. The van der Waals surface area contributed by atoms with Crippen LogP contribution in [0.3, 0.4) is 0 Å². The molecule has 76 valence electrons. The SMILES string of the molecule is COc1cc(C(=O)CBr)cc(Br)c1Cl. The quantitative estimate of drug-likeness (QED) is 0.619. The summed E-state index contributed by atoms with van der Waals surface area (Å²) < 4.78 is 5.69. The van der Waals surface area contributed by atoms with Crippen LogP contribution in [0.25, 0.3) is 0 Å². The van der Waals surface area contributed by atoms with Gasteiger partial charge in [0.15, 0.2) is 5.78 Å². The summed E-state index contributed by atoms with van der Waals surface area (Å²) >= 11 is 12.3. The molecule has 0 aliphatic heterocycles. The minimum Gasteiger partial charge on any atom is -0.495 e. The van der Waals surface area contributed by atoms with Crippen LogP contribution >= 0.6 is 43.5 Å². The highest BCUT2D eigenvalue weighted by molar-refractivity contribution is 9.10. The second-order valence-corrected chi connectivity index (χ2v) is 4.32. The second kappa shape index (κ2) is 5.14. The molecule has 14 heavy (non-hydrogen) atoms. The number of hydrogen-bond acceptors (Lipinski definition) is 2. The zero-order chi connectivity index (χ0) is 10.7. The van der Waals surface area contributed by atoms with Gasteiger partial charge in [-0.15, -0.1) is 0 Å². The number of ketones is 1. The summed E-state index contributed by atoms with van der Waals surface area (Å²) in [6.07, 6.45) is 0. The third kappa shape index (κ3) is 2.49. The summed E-state index contributed by atoms with van der Waals surface area (Å²) in [6.45, 7) is 0. The first-order valence-electron chi connectivity index (χ1n) is 3.72. The van der Waals surface area contributed by atoms with Gasteiger partial charge in [0.25, 0.3) is 0 Å². The maximum absolute atomic E-state index is 11.4. The standard InChI is InChI=1S/C9H7Br2ClO2/c1-14-8-3-5(7(13)4-10)2-6(11)9(8)12/h2-3H,4H2,1H3. The largest absolute Gasteiger partial charge is 0.495 e. The number of carbonyl (C=O) groups excluding carboxylic acids is 1. The monoisotopic (exact) mass is 340 g/mol. The Kier molecular flexibility index (Phi) is 4.41. The van der Waals surface area contributed by atoms with Gasteiger partial charge in [0.05, 0.1) is 17.5 Å². The number of halogens is 3. The highest BCUT2D eigenvalue weighted by atomic mass is 79.9. The van der Waals surface area contributed by atoms with Gasteiger partial charge in [-0.3, -0.25) is 4.79 Å². The summed E-state index contributed by atoms with van der Waals surface area (Å²) in [6, 6.07) is 3.30. The zero-order valence-electron chi connectivity index (χ0n) is 7.31. The molecule has 0 radical (unpaired) electrons. The van der Waals surface area contributed by atoms with Crippen molar-refractivity contribution in [3.05, 3.63) is 27.2 Å². The molecular formula is C9H7Br2ClO2. The van der Waals surface area contributed by atoms with Gasteiger partial charge in [0, 0.05) is 10.0 Å². The first-order chi connectivity index (χ1) is 6.60. The van der Waals surface area contributed by atoms with E-state index in [9.17, 15) is 4.79 Å². The number of Topliss-reactive ketones (excluding diaryl/α,β-unsaturated/α-hetero) is 1. The van der Waals surface area contributed by atoms with E-state index < -0.39 is 0 Å². The number of ether oxygens (including phenoxy) is 1. The molecule has 0 amide bonds. The minimum absolute atomic E-state index is 0.0133. The topological polar surface area (TPSA) is 26.3 Å². The molecule has 0 unspecified atom stereocenters. The van der Waals surface area contributed by atoms with Gasteiger partial charge in [-0.2, -0.15) is 0 Å². The maximum atomic E-state index is 11.4. The molecule has 0 saturated heterocycles. The normalized spacial score (nSPS) is 10.0. The van der Waals surface area contributed by atoms with E-state index >= 15 is 0 Å². The second-order valence-electron chi connectivity index (χ2n) is 2.53. The Morgan fingerprint density at radius 2 is 2.21 bits per heavy atom. The van der Waals surface area contributed by atoms with Gasteiger partial charge < -0.3 is 4.74 Å². The molecule has 0 spiro atoms.